The third kappa shape index (κ3) is 2.29. The molecule has 108 valence electrons. The van der Waals surface area contributed by atoms with Gasteiger partial charge in [0.15, 0.2) is 5.82 Å². The predicted octanol–water partition coefficient (Wildman–Crippen LogP) is 2.84. The van der Waals surface area contributed by atoms with Crippen molar-refractivity contribution in [3.63, 3.8) is 0 Å². The van der Waals surface area contributed by atoms with E-state index in [0.717, 1.165) is 5.56 Å². The molecule has 0 fully saturated rings. The molecule has 0 unspecified atom stereocenters. The van der Waals surface area contributed by atoms with Gasteiger partial charge in [0, 0.05) is 11.8 Å². The van der Waals surface area contributed by atoms with Gasteiger partial charge in [-0.3, -0.25) is 0 Å². The maximum Gasteiger partial charge on any atom is 0.155 e. The number of nitrogens with zero attached hydrogens (tertiary/aromatic N) is 4. The lowest BCUT2D eigenvalue weighted by Crippen LogP contribution is -2.04. The summed E-state index contributed by atoms with van der Waals surface area (Å²) in [6, 6.07) is 11.6. The molecule has 22 heavy (non-hydrogen) atoms. The van der Waals surface area contributed by atoms with Crippen molar-refractivity contribution in [3.8, 4) is 23.1 Å². The van der Waals surface area contributed by atoms with Gasteiger partial charge < -0.3 is 5.73 Å². The quantitative estimate of drug-likeness (QED) is 0.787. The number of anilines is 1. The Hall–Kier alpha value is -3.20. The molecular weight excluding hydrogens is 281 g/mol. The highest BCUT2D eigenvalue weighted by Gasteiger charge is 2.18. The zero-order chi connectivity index (χ0) is 15.7. The Labute approximate surface area is 126 Å². The number of aromatic nitrogens is 3. The maximum atomic E-state index is 13.4. The molecule has 0 saturated heterocycles. The molecule has 2 N–H and O–H groups in total. The van der Waals surface area contributed by atoms with Gasteiger partial charge in [-0.2, -0.15) is 15.0 Å². The zero-order valence-corrected chi connectivity index (χ0v) is 11.8. The Balaban J connectivity index is 2.22. The van der Waals surface area contributed by atoms with E-state index in [1.54, 1.807) is 24.4 Å². The minimum Gasteiger partial charge on any atom is -0.382 e. The topological polar surface area (TPSA) is 80.5 Å². The molecule has 6 heteroatoms. The van der Waals surface area contributed by atoms with Gasteiger partial charge in [0.25, 0.3) is 0 Å². The number of nitrogen functional groups attached to an aromatic ring is 1. The lowest BCUT2D eigenvalue weighted by molar-refractivity contribution is 0.628. The summed E-state index contributed by atoms with van der Waals surface area (Å²) in [5.74, 6) is 0.291. The number of rotatable bonds is 2. The fraction of sp³-hybridized carbons (Fsp3) is 0.0625. The van der Waals surface area contributed by atoms with Crippen LogP contribution in [0, 0.1) is 24.1 Å². The number of pyridine rings is 1. The van der Waals surface area contributed by atoms with Crippen molar-refractivity contribution in [1.82, 2.24) is 14.8 Å². The van der Waals surface area contributed by atoms with Gasteiger partial charge in [-0.1, -0.05) is 12.1 Å². The van der Waals surface area contributed by atoms with Crippen molar-refractivity contribution in [2.24, 2.45) is 0 Å². The summed E-state index contributed by atoms with van der Waals surface area (Å²) >= 11 is 0. The van der Waals surface area contributed by atoms with Gasteiger partial charge >= 0.3 is 0 Å². The molecule has 0 atom stereocenters. The van der Waals surface area contributed by atoms with Gasteiger partial charge in [-0.25, -0.2) is 9.37 Å². The minimum absolute atomic E-state index is 0.180. The molecule has 3 aromatic rings. The number of aryl methyl sites for hydroxylation is 1. The summed E-state index contributed by atoms with van der Waals surface area (Å²) in [4.78, 5) is 4.21. The summed E-state index contributed by atoms with van der Waals surface area (Å²) in [6.07, 6.45) is 1.64. The molecule has 0 saturated carbocycles. The number of nitriles is 1. The van der Waals surface area contributed by atoms with Crippen LogP contribution in [0.2, 0.25) is 0 Å². The van der Waals surface area contributed by atoms with Crippen molar-refractivity contribution in [1.29, 1.82) is 5.26 Å². The van der Waals surface area contributed by atoms with Crippen LogP contribution in [0.3, 0.4) is 0 Å². The third-order valence-corrected chi connectivity index (χ3v) is 3.25. The Kier molecular flexibility index (Phi) is 3.31. The number of hydrogen-bond acceptors (Lipinski definition) is 4. The molecule has 2 aromatic heterocycles. The third-order valence-electron chi connectivity index (χ3n) is 3.25. The summed E-state index contributed by atoms with van der Waals surface area (Å²) in [7, 11) is 0. The zero-order valence-electron chi connectivity index (χ0n) is 11.8. The second-order valence-corrected chi connectivity index (χ2v) is 4.83. The van der Waals surface area contributed by atoms with Gasteiger partial charge in [0.05, 0.1) is 0 Å². The van der Waals surface area contributed by atoms with Crippen LogP contribution in [-0.2, 0) is 0 Å². The first-order valence-corrected chi connectivity index (χ1v) is 6.57. The lowest BCUT2D eigenvalue weighted by Gasteiger charge is -2.03. The molecule has 0 aliphatic heterocycles. The molecule has 5 nitrogen and oxygen atoms in total. The van der Waals surface area contributed by atoms with Crippen molar-refractivity contribution < 1.29 is 4.39 Å². The Morgan fingerprint density at radius 2 is 2.09 bits per heavy atom. The smallest absolute Gasteiger partial charge is 0.155 e. The van der Waals surface area contributed by atoms with E-state index in [4.69, 9.17) is 5.73 Å². The van der Waals surface area contributed by atoms with Crippen LogP contribution >= 0.6 is 0 Å². The second-order valence-electron chi connectivity index (χ2n) is 4.83. The molecule has 0 bridgehead atoms. The van der Waals surface area contributed by atoms with Gasteiger partial charge in [0.1, 0.15) is 29.0 Å². The summed E-state index contributed by atoms with van der Waals surface area (Å²) in [5, 5.41) is 13.7. The largest absolute Gasteiger partial charge is 0.382 e. The average molecular weight is 293 g/mol. The highest BCUT2D eigenvalue weighted by molar-refractivity contribution is 5.73. The summed E-state index contributed by atoms with van der Waals surface area (Å²) < 4.78 is 14.8. The SMILES string of the molecule is Cc1ccnc(-n2nc(-c3cccc(F)c3)c(C#N)c2N)c1. The minimum atomic E-state index is -0.400. The van der Waals surface area contributed by atoms with E-state index in [0.29, 0.717) is 17.1 Å². The van der Waals surface area contributed by atoms with Gasteiger partial charge in [-0.05, 0) is 36.8 Å². The molecule has 1 aromatic carbocycles. The average Bonchev–Trinajstić information content (AvgIpc) is 2.84. The van der Waals surface area contributed by atoms with Crippen LogP contribution in [0.15, 0.2) is 42.6 Å². The first-order valence-electron chi connectivity index (χ1n) is 6.57. The highest BCUT2D eigenvalue weighted by atomic mass is 19.1. The van der Waals surface area contributed by atoms with E-state index < -0.39 is 5.82 Å². The van der Waals surface area contributed by atoms with Crippen molar-refractivity contribution in [3.05, 3.63) is 59.5 Å². The first-order chi connectivity index (χ1) is 10.6. The normalized spacial score (nSPS) is 10.4. The second kappa shape index (κ2) is 5.30. The summed E-state index contributed by atoms with van der Waals surface area (Å²) in [6.45, 7) is 1.92. The molecule has 2 heterocycles. The van der Waals surface area contributed by atoms with Crippen molar-refractivity contribution in [2.45, 2.75) is 6.92 Å². The fourth-order valence-electron chi connectivity index (χ4n) is 2.19. The van der Waals surface area contributed by atoms with E-state index in [1.807, 2.05) is 19.1 Å². The van der Waals surface area contributed by atoms with Crippen LogP contribution in [0.25, 0.3) is 17.1 Å². The first kappa shape index (κ1) is 13.8. The van der Waals surface area contributed by atoms with E-state index in [-0.39, 0.29) is 11.4 Å². The van der Waals surface area contributed by atoms with Crippen LogP contribution in [0.5, 0.6) is 0 Å². The van der Waals surface area contributed by atoms with E-state index in [1.165, 1.54) is 16.8 Å². The number of benzene rings is 1. The van der Waals surface area contributed by atoms with E-state index in [9.17, 15) is 9.65 Å². The number of nitrogens with two attached hydrogens (primary N) is 1. The van der Waals surface area contributed by atoms with Crippen LogP contribution in [-0.4, -0.2) is 14.8 Å². The fourth-order valence-corrected chi connectivity index (χ4v) is 2.19. The summed E-state index contributed by atoms with van der Waals surface area (Å²) in [5.41, 5.74) is 8.04. The van der Waals surface area contributed by atoms with Crippen LogP contribution in [0.4, 0.5) is 10.2 Å². The lowest BCUT2D eigenvalue weighted by atomic mass is 10.1. The molecule has 0 amide bonds. The van der Waals surface area contributed by atoms with Gasteiger partial charge in [-0.15, -0.1) is 0 Å². The maximum absolute atomic E-state index is 13.4. The molecule has 0 aliphatic carbocycles. The van der Waals surface area contributed by atoms with E-state index >= 15 is 0 Å². The molecule has 0 radical (unpaired) electrons. The monoisotopic (exact) mass is 293 g/mol. The Morgan fingerprint density at radius 3 is 2.77 bits per heavy atom. The van der Waals surface area contributed by atoms with E-state index in [2.05, 4.69) is 10.1 Å². The van der Waals surface area contributed by atoms with Gasteiger partial charge in [0.2, 0.25) is 0 Å². The van der Waals surface area contributed by atoms with Crippen molar-refractivity contribution >= 4 is 5.82 Å². The number of hydrogen-bond donors (Lipinski definition) is 1. The number of halogens is 1. The van der Waals surface area contributed by atoms with Crippen molar-refractivity contribution in [2.75, 3.05) is 5.73 Å². The Morgan fingerprint density at radius 1 is 1.27 bits per heavy atom. The molecular formula is C16H12FN5. The van der Waals surface area contributed by atoms with Crippen LogP contribution < -0.4 is 5.73 Å². The standard InChI is InChI=1S/C16H12FN5/c1-10-5-6-20-14(7-10)22-16(19)13(9-18)15(21-22)11-3-2-4-12(17)8-11/h2-8H,19H2,1H3. The van der Waals surface area contributed by atoms with Crippen LogP contribution in [0.1, 0.15) is 11.1 Å². The molecule has 0 aliphatic rings. The Bertz CT molecular complexity index is 892. The predicted molar refractivity (Wildman–Crippen MR) is 80.6 cm³/mol. The molecule has 0 spiro atoms. The highest BCUT2D eigenvalue weighted by Crippen LogP contribution is 2.28. The molecule has 3 rings (SSSR count).